The number of nitrogens with zero attached hydrogens (tertiary/aromatic N) is 2. The van der Waals surface area contributed by atoms with Crippen LogP contribution in [0, 0.1) is 0 Å². The number of hydrogen-bond donors (Lipinski definition) is 3. The molecule has 0 unspecified atom stereocenters. The van der Waals surface area contributed by atoms with Gasteiger partial charge in [0.15, 0.2) is 0 Å². The number of hydrogen-bond acceptors (Lipinski definition) is 3. The lowest BCUT2D eigenvalue weighted by Gasteiger charge is -2.01. The summed E-state index contributed by atoms with van der Waals surface area (Å²) in [6, 6.07) is 7.40. The lowest BCUT2D eigenvalue weighted by molar-refractivity contribution is -0.144. The van der Waals surface area contributed by atoms with Crippen LogP contribution >= 0.6 is 0 Å². The molecule has 3 N–H and O–H groups in total. The molecule has 1 amide bonds. The summed E-state index contributed by atoms with van der Waals surface area (Å²) >= 11 is 0. The van der Waals surface area contributed by atoms with E-state index in [2.05, 4.69) is 20.4 Å². The van der Waals surface area contributed by atoms with E-state index in [0.717, 1.165) is 16.5 Å². The minimum Gasteiger partial charge on any atom is -0.361 e. The van der Waals surface area contributed by atoms with Crippen LogP contribution in [0.25, 0.3) is 10.9 Å². The van der Waals surface area contributed by atoms with Crippen molar-refractivity contribution < 1.29 is 18.0 Å². The molecule has 0 atom stereocenters. The van der Waals surface area contributed by atoms with Crippen molar-refractivity contribution in [3.05, 3.63) is 41.9 Å². The Morgan fingerprint density at radius 2 is 2.05 bits per heavy atom. The summed E-state index contributed by atoms with van der Waals surface area (Å²) < 4.78 is 37.1. The van der Waals surface area contributed by atoms with E-state index in [0.29, 0.717) is 0 Å². The van der Waals surface area contributed by atoms with Crippen LogP contribution in [0.5, 0.6) is 0 Å². The summed E-state index contributed by atoms with van der Waals surface area (Å²) in [5.74, 6) is -2.16. The van der Waals surface area contributed by atoms with Crippen LogP contribution in [-0.4, -0.2) is 26.1 Å². The Morgan fingerprint density at radius 3 is 2.77 bits per heavy atom. The molecule has 2 heterocycles. The highest BCUT2D eigenvalue weighted by Gasteiger charge is 2.35. The van der Waals surface area contributed by atoms with Gasteiger partial charge in [0.05, 0.1) is 6.42 Å². The van der Waals surface area contributed by atoms with Crippen molar-refractivity contribution in [3.8, 4) is 0 Å². The van der Waals surface area contributed by atoms with Crippen molar-refractivity contribution in [1.29, 1.82) is 0 Å². The lowest BCUT2D eigenvalue weighted by atomic mass is 10.1. The standard InChI is InChI=1S/C13H10F3N5O/c14-13(15,16)11-19-12(21-20-11)18-10(22)5-7-6-17-9-4-2-1-3-8(7)9/h1-4,6,17H,5H2,(H2,18,19,20,21,22). The number of rotatable bonds is 3. The molecule has 9 heteroatoms. The van der Waals surface area contributed by atoms with E-state index in [1.54, 1.807) is 11.3 Å². The SMILES string of the molecule is O=C(Cc1c[nH]c2ccccc12)Nc1n[nH]c(C(F)(F)F)n1. The van der Waals surface area contributed by atoms with Crippen molar-refractivity contribution >= 4 is 22.8 Å². The van der Waals surface area contributed by atoms with Crippen molar-refractivity contribution in [2.45, 2.75) is 12.6 Å². The van der Waals surface area contributed by atoms with Crippen LogP contribution in [0.3, 0.4) is 0 Å². The summed E-state index contributed by atoms with van der Waals surface area (Å²) in [4.78, 5) is 18.1. The molecule has 2 aromatic heterocycles. The van der Waals surface area contributed by atoms with E-state index >= 15 is 0 Å². The first-order valence-corrected chi connectivity index (χ1v) is 6.28. The van der Waals surface area contributed by atoms with Gasteiger partial charge in [0.25, 0.3) is 0 Å². The highest BCUT2D eigenvalue weighted by molar-refractivity contribution is 5.94. The molecule has 0 aliphatic rings. The molecule has 0 fully saturated rings. The van der Waals surface area contributed by atoms with E-state index < -0.39 is 23.9 Å². The van der Waals surface area contributed by atoms with E-state index in [1.807, 2.05) is 24.3 Å². The average Bonchev–Trinajstić information content (AvgIpc) is 3.06. The van der Waals surface area contributed by atoms with Crippen LogP contribution in [0.15, 0.2) is 30.5 Å². The second-order valence-electron chi connectivity index (χ2n) is 4.59. The highest BCUT2D eigenvalue weighted by Crippen LogP contribution is 2.26. The Balaban J connectivity index is 1.71. The highest BCUT2D eigenvalue weighted by atomic mass is 19.4. The number of H-pyrrole nitrogens is 2. The third-order valence-corrected chi connectivity index (χ3v) is 3.03. The van der Waals surface area contributed by atoms with Gasteiger partial charge in [-0.2, -0.15) is 18.2 Å². The first-order chi connectivity index (χ1) is 10.4. The van der Waals surface area contributed by atoms with Gasteiger partial charge in [0.1, 0.15) is 0 Å². The molecule has 1 aromatic carbocycles. The number of nitrogens with one attached hydrogen (secondary N) is 3. The van der Waals surface area contributed by atoms with Crippen molar-refractivity contribution in [3.63, 3.8) is 0 Å². The molecule has 3 rings (SSSR count). The summed E-state index contributed by atoms with van der Waals surface area (Å²) in [6.07, 6.45) is -2.95. The van der Waals surface area contributed by atoms with Gasteiger partial charge in [-0.25, -0.2) is 0 Å². The first kappa shape index (κ1) is 14.1. The van der Waals surface area contributed by atoms with Crippen molar-refractivity contribution in [1.82, 2.24) is 20.2 Å². The molecule has 0 spiro atoms. The number of fused-ring (bicyclic) bond motifs is 1. The van der Waals surface area contributed by atoms with Crippen LogP contribution in [0.4, 0.5) is 19.1 Å². The lowest BCUT2D eigenvalue weighted by Crippen LogP contribution is -2.15. The third-order valence-electron chi connectivity index (χ3n) is 3.03. The van der Waals surface area contributed by atoms with E-state index in [9.17, 15) is 18.0 Å². The zero-order chi connectivity index (χ0) is 15.7. The van der Waals surface area contributed by atoms with Gasteiger partial charge < -0.3 is 4.98 Å². The third kappa shape index (κ3) is 2.78. The Morgan fingerprint density at radius 1 is 1.27 bits per heavy atom. The van der Waals surface area contributed by atoms with E-state index in [1.165, 1.54) is 0 Å². The number of anilines is 1. The predicted octanol–water partition coefficient (Wildman–Crippen LogP) is 2.49. The molecule has 0 radical (unpaired) electrons. The van der Waals surface area contributed by atoms with Crippen molar-refractivity contribution in [2.24, 2.45) is 0 Å². The quantitative estimate of drug-likeness (QED) is 0.694. The van der Waals surface area contributed by atoms with Crippen LogP contribution in [-0.2, 0) is 17.4 Å². The Kier molecular flexibility index (Phi) is 3.32. The molecular formula is C13H10F3N5O. The van der Waals surface area contributed by atoms with Crippen LogP contribution in [0.2, 0.25) is 0 Å². The van der Waals surface area contributed by atoms with Gasteiger partial charge in [0, 0.05) is 17.1 Å². The fourth-order valence-corrected chi connectivity index (χ4v) is 2.06. The normalized spacial score (nSPS) is 11.8. The molecule has 22 heavy (non-hydrogen) atoms. The number of carbonyl (C=O) groups excluding carboxylic acids is 1. The second-order valence-corrected chi connectivity index (χ2v) is 4.59. The molecule has 114 valence electrons. The summed E-state index contributed by atoms with van der Waals surface area (Å²) in [5, 5.41) is 8.16. The fourth-order valence-electron chi connectivity index (χ4n) is 2.06. The second kappa shape index (κ2) is 5.17. The molecule has 3 aromatic rings. The smallest absolute Gasteiger partial charge is 0.361 e. The molecule has 0 bridgehead atoms. The molecule has 0 saturated carbocycles. The maximum absolute atomic E-state index is 12.4. The zero-order valence-electron chi connectivity index (χ0n) is 11.0. The van der Waals surface area contributed by atoms with E-state index in [4.69, 9.17) is 0 Å². The number of aromatic amines is 2. The predicted molar refractivity (Wildman–Crippen MR) is 72.0 cm³/mol. The number of carbonyl (C=O) groups is 1. The summed E-state index contributed by atoms with van der Waals surface area (Å²) in [5.41, 5.74) is 1.61. The Labute approximate surface area is 121 Å². The van der Waals surface area contributed by atoms with Crippen LogP contribution in [0.1, 0.15) is 11.4 Å². The molecular weight excluding hydrogens is 299 g/mol. The average molecular weight is 309 g/mol. The summed E-state index contributed by atoms with van der Waals surface area (Å²) in [7, 11) is 0. The first-order valence-electron chi connectivity index (χ1n) is 6.28. The maximum Gasteiger partial charge on any atom is 0.451 e. The number of halogens is 3. The molecule has 0 aliphatic heterocycles. The van der Waals surface area contributed by atoms with E-state index in [-0.39, 0.29) is 6.42 Å². The zero-order valence-corrected chi connectivity index (χ0v) is 11.0. The largest absolute Gasteiger partial charge is 0.451 e. The van der Waals surface area contributed by atoms with Gasteiger partial charge >= 0.3 is 6.18 Å². The fraction of sp³-hybridized carbons (Fsp3) is 0.154. The maximum atomic E-state index is 12.4. The van der Waals surface area contributed by atoms with Gasteiger partial charge in [-0.1, -0.05) is 18.2 Å². The Hall–Kier alpha value is -2.84. The monoisotopic (exact) mass is 309 g/mol. The van der Waals surface area contributed by atoms with Crippen molar-refractivity contribution in [2.75, 3.05) is 5.32 Å². The number of aromatic nitrogens is 4. The number of para-hydroxylation sites is 1. The number of benzene rings is 1. The number of alkyl halides is 3. The van der Waals surface area contributed by atoms with Crippen LogP contribution < -0.4 is 5.32 Å². The Bertz CT molecular complexity index is 820. The number of amides is 1. The summed E-state index contributed by atoms with van der Waals surface area (Å²) in [6.45, 7) is 0. The van der Waals surface area contributed by atoms with Gasteiger partial charge in [-0.15, -0.1) is 5.10 Å². The molecule has 0 saturated heterocycles. The van der Waals surface area contributed by atoms with Gasteiger partial charge in [-0.3, -0.25) is 15.2 Å². The minimum atomic E-state index is -4.63. The molecule has 0 aliphatic carbocycles. The minimum absolute atomic E-state index is 0.0000947. The van der Waals surface area contributed by atoms with Gasteiger partial charge in [-0.05, 0) is 11.6 Å². The topological polar surface area (TPSA) is 86.5 Å². The van der Waals surface area contributed by atoms with Gasteiger partial charge in [0.2, 0.25) is 17.7 Å². The molecule has 6 nitrogen and oxygen atoms in total.